The van der Waals surface area contributed by atoms with Crippen LogP contribution in [0.4, 0.5) is 10.5 Å². The molecule has 0 radical (unpaired) electrons. The molecule has 1 N–H and O–H groups in total. The van der Waals surface area contributed by atoms with Crippen LogP contribution in [0.25, 0.3) is 0 Å². The van der Waals surface area contributed by atoms with E-state index in [1.165, 1.54) is 11.3 Å². The van der Waals surface area contributed by atoms with Gasteiger partial charge in [-0.25, -0.2) is 0 Å². The van der Waals surface area contributed by atoms with Crippen molar-refractivity contribution in [1.29, 1.82) is 0 Å². The highest BCUT2D eigenvalue weighted by molar-refractivity contribution is 8.15. The van der Waals surface area contributed by atoms with Crippen LogP contribution in [0.15, 0.2) is 30.3 Å². The molecule has 0 spiro atoms. The third kappa shape index (κ3) is 4.15. The zero-order valence-electron chi connectivity index (χ0n) is 13.4. The highest BCUT2D eigenvalue weighted by Crippen LogP contribution is 2.30. The fraction of sp³-hybridized carbons (Fsp3) is 0.471. The van der Waals surface area contributed by atoms with Gasteiger partial charge in [-0.2, -0.15) is 0 Å². The number of carbonyl (C=O) groups excluding carboxylic acids is 3. The molecule has 0 unspecified atom stereocenters. The first-order valence-corrected chi connectivity index (χ1v) is 9.11. The summed E-state index contributed by atoms with van der Waals surface area (Å²) >= 11 is 0.959. The molecule has 3 rings (SSSR count). The van der Waals surface area contributed by atoms with E-state index < -0.39 is 5.25 Å². The summed E-state index contributed by atoms with van der Waals surface area (Å²) in [6.45, 7) is 2.18. The van der Waals surface area contributed by atoms with E-state index in [2.05, 4.69) is 10.2 Å². The summed E-state index contributed by atoms with van der Waals surface area (Å²) in [5.74, 6) is -0.501. The maximum absolute atomic E-state index is 12.5. The smallest absolute Gasteiger partial charge is 0.290 e. The molecule has 3 amide bonds. The summed E-state index contributed by atoms with van der Waals surface area (Å²) in [5.41, 5.74) is 0.689. The molecular weight excluding hydrogens is 326 g/mol. The molecule has 2 saturated heterocycles. The Labute approximate surface area is 145 Å². The predicted octanol–water partition coefficient (Wildman–Crippen LogP) is 2.52. The molecule has 0 saturated carbocycles. The number of benzene rings is 1. The number of hydrogen-bond acceptors (Lipinski definition) is 5. The average molecular weight is 347 g/mol. The Balaban J connectivity index is 1.54. The Kier molecular flexibility index (Phi) is 5.52. The van der Waals surface area contributed by atoms with Crippen LogP contribution < -0.4 is 5.32 Å². The monoisotopic (exact) mass is 347 g/mol. The van der Waals surface area contributed by atoms with Gasteiger partial charge in [0.15, 0.2) is 0 Å². The van der Waals surface area contributed by atoms with E-state index in [1.54, 1.807) is 12.1 Å². The second-order valence-corrected chi connectivity index (χ2v) is 7.23. The van der Waals surface area contributed by atoms with Crippen LogP contribution in [-0.2, 0) is 9.59 Å². The number of para-hydroxylation sites is 1. The summed E-state index contributed by atoms with van der Waals surface area (Å²) in [7, 11) is 0. The minimum Gasteiger partial charge on any atom is -0.326 e. The molecule has 0 aliphatic carbocycles. The van der Waals surface area contributed by atoms with Crippen LogP contribution >= 0.6 is 11.8 Å². The Bertz CT molecular complexity index is 617. The van der Waals surface area contributed by atoms with E-state index in [1.807, 2.05) is 18.2 Å². The summed E-state index contributed by atoms with van der Waals surface area (Å²) in [6.07, 6.45) is 3.43. The van der Waals surface area contributed by atoms with Gasteiger partial charge in [-0.3, -0.25) is 24.2 Å². The fourth-order valence-corrected chi connectivity index (χ4v) is 3.94. The van der Waals surface area contributed by atoms with Crippen molar-refractivity contribution in [2.45, 2.75) is 30.9 Å². The van der Waals surface area contributed by atoms with Crippen molar-refractivity contribution in [2.24, 2.45) is 0 Å². The predicted molar refractivity (Wildman–Crippen MR) is 93.6 cm³/mol. The van der Waals surface area contributed by atoms with Gasteiger partial charge in [0.2, 0.25) is 11.8 Å². The maximum Gasteiger partial charge on any atom is 0.290 e. The molecule has 1 atom stereocenters. The lowest BCUT2D eigenvalue weighted by Crippen LogP contribution is -2.44. The molecule has 128 valence electrons. The van der Waals surface area contributed by atoms with E-state index >= 15 is 0 Å². The number of likely N-dealkylation sites (tertiary alicyclic amines) is 1. The van der Waals surface area contributed by atoms with Gasteiger partial charge < -0.3 is 5.32 Å². The van der Waals surface area contributed by atoms with Crippen molar-refractivity contribution in [3.05, 3.63) is 30.3 Å². The molecule has 2 heterocycles. The van der Waals surface area contributed by atoms with Gasteiger partial charge in [0.05, 0.1) is 6.67 Å². The first-order chi connectivity index (χ1) is 11.6. The minimum atomic E-state index is -0.619. The van der Waals surface area contributed by atoms with E-state index in [0.29, 0.717) is 12.4 Å². The highest BCUT2D eigenvalue weighted by atomic mass is 32.2. The third-order valence-electron chi connectivity index (χ3n) is 4.22. The molecule has 0 bridgehead atoms. The van der Waals surface area contributed by atoms with Crippen LogP contribution in [0.3, 0.4) is 0 Å². The van der Waals surface area contributed by atoms with Gasteiger partial charge in [-0.1, -0.05) is 36.4 Å². The summed E-state index contributed by atoms with van der Waals surface area (Å²) < 4.78 is 0. The standard InChI is InChI=1S/C17H21N3O3S/c21-15(18-13-7-3-1-4-8-13)11-14-16(22)20(17(23)24-14)12-19-9-5-2-6-10-19/h1,3-4,7-8,14H,2,5-6,9-12H2,(H,18,21)/t14-/m1/s1. The maximum atomic E-state index is 12.5. The summed E-state index contributed by atoms with van der Waals surface area (Å²) in [4.78, 5) is 40.1. The van der Waals surface area contributed by atoms with Gasteiger partial charge in [0, 0.05) is 12.1 Å². The number of amides is 3. The number of nitrogens with one attached hydrogen (secondary N) is 1. The second-order valence-electron chi connectivity index (χ2n) is 6.08. The lowest BCUT2D eigenvalue weighted by atomic mass is 10.1. The molecule has 1 aromatic carbocycles. The number of nitrogens with zero attached hydrogens (tertiary/aromatic N) is 2. The molecule has 6 nitrogen and oxygen atoms in total. The quantitative estimate of drug-likeness (QED) is 0.886. The zero-order valence-corrected chi connectivity index (χ0v) is 14.3. The number of carbonyl (C=O) groups is 3. The van der Waals surface area contributed by atoms with Crippen molar-refractivity contribution in [1.82, 2.24) is 9.80 Å². The highest BCUT2D eigenvalue weighted by Gasteiger charge is 2.41. The lowest BCUT2D eigenvalue weighted by Gasteiger charge is -2.29. The number of piperidine rings is 1. The van der Waals surface area contributed by atoms with E-state index in [0.717, 1.165) is 37.7 Å². The lowest BCUT2D eigenvalue weighted by molar-refractivity contribution is -0.130. The number of imide groups is 1. The molecule has 2 aliphatic heterocycles. The first-order valence-electron chi connectivity index (χ1n) is 8.23. The van der Waals surface area contributed by atoms with Crippen molar-refractivity contribution < 1.29 is 14.4 Å². The van der Waals surface area contributed by atoms with Gasteiger partial charge in [0.1, 0.15) is 5.25 Å². The van der Waals surface area contributed by atoms with Gasteiger partial charge >= 0.3 is 0 Å². The Hall–Kier alpha value is -1.86. The topological polar surface area (TPSA) is 69.7 Å². The molecule has 2 aliphatic rings. The summed E-state index contributed by atoms with van der Waals surface area (Å²) in [5, 5.41) is 1.89. The molecular formula is C17H21N3O3S. The SMILES string of the molecule is O=C(C[C@H]1SC(=O)N(CN2CCCCC2)C1=O)Nc1ccccc1. The molecule has 1 aromatic rings. The van der Waals surface area contributed by atoms with Crippen LogP contribution in [0.5, 0.6) is 0 Å². The average Bonchev–Trinajstić information content (AvgIpc) is 2.84. The number of rotatable bonds is 5. The van der Waals surface area contributed by atoms with Crippen LogP contribution in [-0.4, -0.2) is 51.9 Å². The Morgan fingerprint density at radius 2 is 1.83 bits per heavy atom. The fourth-order valence-electron chi connectivity index (χ4n) is 2.96. The van der Waals surface area contributed by atoms with Crippen molar-refractivity contribution in [3.63, 3.8) is 0 Å². The molecule has 0 aromatic heterocycles. The van der Waals surface area contributed by atoms with Crippen molar-refractivity contribution in [2.75, 3.05) is 25.1 Å². The molecule has 2 fully saturated rings. The van der Waals surface area contributed by atoms with E-state index in [-0.39, 0.29) is 23.5 Å². The second kappa shape index (κ2) is 7.81. The van der Waals surface area contributed by atoms with E-state index in [4.69, 9.17) is 0 Å². The minimum absolute atomic E-state index is 0.0145. The number of anilines is 1. The zero-order chi connectivity index (χ0) is 16.9. The van der Waals surface area contributed by atoms with Gasteiger partial charge in [-0.15, -0.1) is 0 Å². The third-order valence-corrected chi connectivity index (χ3v) is 5.30. The van der Waals surface area contributed by atoms with Gasteiger partial charge in [0.25, 0.3) is 5.24 Å². The Morgan fingerprint density at radius 3 is 2.54 bits per heavy atom. The van der Waals surface area contributed by atoms with Crippen molar-refractivity contribution in [3.8, 4) is 0 Å². The largest absolute Gasteiger partial charge is 0.326 e. The summed E-state index contributed by atoms with van der Waals surface area (Å²) in [6, 6.07) is 9.09. The number of thioether (sulfide) groups is 1. The van der Waals surface area contributed by atoms with E-state index in [9.17, 15) is 14.4 Å². The van der Waals surface area contributed by atoms with Crippen LogP contribution in [0, 0.1) is 0 Å². The molecule has 7 heteroatoms. The van der Waals surface area contributed by atoms with Gasteiger partial charge in [-0.05, 0) is 38.1 Å². The first kappa shape index (κ1) is 17.0. The normalized spacial score (nSPS) is 22.0. The van der Waals surface area contributed by atoms with Crippen molar-refractivity contribution >= 4 is 34.5 Å². The number of hydrogen-bond donors (Lipinski definition) is 1. The Morgan fingerprint density at radius 1 is 1.12 bits per heavy atom. The molecule has 24 heavy (non-hydrogen) atoms. The van der Waals surface area contributed by atoms with Crippen LogP contribution in [0.2, 0.25) is 0 Å². The van der Waals surface area contributed by atoms with Crippen LogP contribution in [0.1, 0.15) is 25.7 Å².